The topological polar surface area (TPSA) is 39.4 Å². The predicted molar refractivity (Wildman–Crippen MR) is 177 cm³/mol. The van der Waals surface area contributed by atoms with Crippen molar-refractivity contribution in [2.24, 2.45) is 16.7 Å². The van der Waals surface area contributed by atoms with Crippen molar-refractivity contribution in [2.45, 2.75) is 130 Å². The van der Waals surface area contributed by atoms with Crippen molar-refractivity contribution in [2.75, 3.05) is 0 Å². The normalized spacial score (nSPS) is 13.9. The molecule has 0 N–H and O–H groups in total. The summed E-state index contributed by atoms with van der Waals surface area (Å²) >= 11 is 1.80. The molecule has 0 bridgehead atoms. The number of aryl methyl sites for hydroxylation is 1. The van der Waals surface area contributed by atoms with Gasteiger partial charge in [-0.3, -0.25) is 4.79 Å². The van der Waals surface area contributed by atoms with E-state index in [9.17, 15) is 4.79 Å². The van der Waals surface area contributed by atoms with Crippen LogP contribution < -0.4 is 0 Å². The molecule has 1 heterocycles. The summed E-state index contributed by atoms with van der Waals surface area (Å²) in [5.41, 5.74) is 2.71. The summed E-state index contributed by atoms with van der Waals surface area (Å²) in [7, 11) is 0. The van der Waals surface area contributed by atoms with Gasteiger partial charge < -0.3 is 9.15 Å². The minimum Gasteiger partial charge on any atom is -0.459 e. The van der Waals surface area contributed by atoms with Crippen molar-refractivity contribution in [3.8, 4) is 11.3 Å². The lowest BCUT2D eigenvalue weighted by Gasteiger charge is -2.38. The second kappa shape index (κ2) is 13.0. The Morgan fingerprint density at radius 2 is 1.54 bits per heavy atom. The van der Waals surface area contributed by atoms with Crippen LogP contribution >= 0.6 is 11.8 Å². The summed E-state index contributed by atoms with van der Waals surface area (Å²) in [5.74, 6) is 0.667. The Morgan fingerprint density at radius 1 is 0.878 bits per heavy atom. The number of unbranched alkanes of at least 4 members (excludes halogenated alkanes) is 2. The molecule has 2 aromatic carbocycles. The summed E-state index contributed by atoms with van der Waals surface area (Å²) in [4.78, 5) is 14.6. The number of fused-ring (bicyclic) bond motifs is 1. The van der Waals surface area contributed by atoms with Crippen LogP contribution in [0.25, 0.3) is 22.3 Å². The van der Waals surface area contributed by atoms with Gasteiger partial charge in [-0.2, -0.15) is 0 Å². The molecule has 3 aromatic rings. The molecule has 1 unspecified atom stereocenters. The van der Waals surface area contributed by atoms with Gasteiger partial charge in [-0.1, -0.05) is 99.4 Å². The van der Waals surface area contributed by atoms with E-state index in [2.05, 4.69) is 111 Å². The molecular weight excluding hydrogens is 524 g/mol. The lowest BCUT2D eigenvalue weighted by atomic mass is 9.72. The molecule has 0 saturated heterocycles. The Balaban J connectivity index is 1.69. The number of benzene rings is 2. The Bertz CT molecular complexity index is 1280. The summed E-state index contributed by atoms with van der Waals surface area (Å²) in [6, 6.07) is 17.4. The van der Waals surface area contributed by atoms with Gasteiger partial charge >= 0.3 is 5.97 Å². The van der Waals surface area contributed by atoms with Crippen molar-refractivity contribution >= 4 is 28.7 Å². The lowest BCUT2D eigenvalue weighted by molar-refractivity contribution is -0.168. The van der Waals surface area contributed by atoms with Crippen LogP contribution in [0.3, 0.4) is 0 Å². The Morgan fingerprint density at radius 3 is 2.12 bits per heavy atom. The van der Waals surface area contributed by atoms with E-state index in [-0.39, 0.29) is 27.5 Å². The fraction of sp³-hybridized carbons (Fsp3) is 0.595. The fourth-order valence-electron chi connectivity index (χ4n) is 5.75. The average Bonchev–Trinajstić information content (AvgIpc) is 3.24. The number of hydrogen-bond acceptors (Lipinski definition) is 4. The number of rotatable bonds is 12. The zero-order chi connectivity index (χ0) is 30.6. The summed E-state index contributed by atoms with van der Waals surface area (Å²) < 4.78 is 12.4. The van der Waals surface area contributed by atoms with Crippen LogP contribution in [-0.4, -0.2) is 16.3 Å². The third-order valence-corrected chi connectivity index (χ3v) is 8.75. The molecule has 0 aliphatic rings. The number of esters is 1. The maximum absolute atomic E-state index is 13.4. The highest BCUT2D eigenvalue weighted by molar-refractivity contribution is 8.00. The van der Waals surface area contributed by atoms with Gasteiger partial charge in [0.2, 0.25) is 0 Å². The lowest BCUT2D eigenvalue weighted by Crippen LogP contribution is -2.41. The standard InChI is InChI=1S/C37H54O3S/c1-12-13-14-15-26-16-18-27(19-17-26)31-22-28-20-21-29(23-32(28)39-31)41-37(10,11)25-36(8,9)40-33(38)30(35(5,6)7)24-34(2,3)4/h16-23,30H,12-15,24-25H2,1-11H3. The molecule has 1 atom stereocenters. The highest BCUT2D eigenvalue weighted by Gasteiger charge is 2.40. The van der Waals surface area contributed by atoms with Crippen molar-refractivity contribution < 1.29 is 13.9 Å². The van der Waals surface area contributed by atoms with Crippen molar-refractivity contribution in [1.82, 2.24) is 0 Å². The Kier molecular flexibility index (Phi) is 10.5. The number of thioether (sulfide) groups is 1. The molecule has 226 valence electrons. The van der Waals surface area contributed by atoms with E-state index in [1.807, 2.05) is 13.8 Å². The van der Waals surface area contributed by atoms with Crippen molar-refractivity contribution in [3.05, 3.63) is 54.1 Å². The molecule has 0 spiro atoms. The molecular formula is C37H54O3S. The van der Waals surface area contributed by atoms with Crippen LogP contribution in [-0.2, 0) is 16.0 Å². The summed E-state index contributed by atoms with van der Waals surface area (Å²) in [5, 5.41) is 1.11. The van der Waals surface area contributed by atoms with Gasteiger partial charge in [-0.25, -0.2) is 0 Å². The van der Waals surface area contributed by atoms with Crippen LogP contribution in [0.5, 0.6) is 0 Å². The zero-order valence-electron chi connectivity index (χ0n) is 27.6. The summed E-state index contributed by atoms with van der Waals surface area (Å²) in [6.07, 6.45) is 6.43. The minimum absolute atomic E-state index is 0.0539. The SMILES string of the molecule is CCCCCc1ccc(-c2cc3ccc(SC(C)(C)CC(C)(C)OC(=O)C(CC(C)(C)C)C(C)(C)C)cc3o2)cc1. The van der Waals surface area contributed by atoms with Crippen LogP contribution in [0.1, 0.15) is 114 Å². The summed E-state index contributed by atoms with van der Waals surface area (Å²) in [6.45, 7) is 23.8. The molecule has 1 aromatic heterocycles. The monoisotopic (exact) mass is 578 g/mol. The molecule has 41 heavy (non-hydrogen) atoms. The van der Waals surface area contributed by atoms with E-state index in [4.69, 9.17) is 9.15 Å². The van der Waals surface area contributed by atoms with Crippen LogP contribution in [0.2, 0.25) is 0 Å². The number of furan rings is 1. The molecule has 3 rings (SSSR count). The quantitative estimate of drug-likeness (QED) is 0.122. The first-order valence-electron chi connectivity index (χ1n) is 15.4. The second-order valence-corrected chi connectivity index (χ2v) is 17.1. The third kappa shape index (κ3) is 10.2. The molecule has 0 fully saturated rings. The molecule has 0 aliphatic heterocycles. The number of carbonyl (C=O) groups is 1. The smallest absolute Gasteiger partial charge is 0.310 e. The average molecular weight is 579 g/mol. The fourth-order valence-corrected chi connectivity index (χ4v) is 7.11. The number of hydrogen-bond donors (Lipinski definition) is 0. The van der Waals surface area contributed by atoms with Gasteiger partial charge in [0.05, 0.1) is 5.92 Å². The van der Waals surface area contributed by atoms with Gasteiger partial charge in [-0.05, 0) is 73.8 Å². The number of ether oxygens (including phenoxy) is 1. The van der Waals surface area contributed by atoms with Crippen LogP contribution in [0.4, 0.5) is 0 Å². The van der Waals surface area contributed by atoms with Gasteiger partial charge in [0.25, 0.3) is 0 Å². The minimum atomic E-state index is -0.584. The van der Waals surface area contributed by atoms with Gasteiger partial charge in [0.15, 0.2) is 0 Å². The van der Waals surface area contributed by atoms with E-state index >= 15 is 0 Å². The Hall–Kier alpha value is -2.20. The first-order chi connectivity index (χ1) is 18.9. The maximum atomic E-state index is 13.4. The molecule has 0 aliphatic carbocycles. The van der Waals surface area contributed by atoms with E-state index in [0.29, 0.717) is 0 Å². The third-order valence-electron chi connectivity index (χ3n) is 7.57. The molecule has 0 radical (unpaired) electrons. The molecule has 3 nitrogen and oxygen atoms in total. The van der Waals surface area contributed by atoms with E-state index < -0.39 is 5.60 Å². The molecule has 0 saturated carbocycles. The largest absolute Gasteiger partial charge is 0.459 e. The first kappa shape index (κ1) is 33.3. The highest BCUT2D eigenvalue weighted by atomic mass is 32.2. The number of carbonyl (C=O) groups excluding carboxylic acids is 1. The van der Waals surface area contributed by atoms with E-state index in [1.54, 1.807) is 11.8 Å². The molecule has 0 amide bonds. The van der Waals surface area contributed by atoms with E-state index in [0.717, 1.165) is 46.5 Å². The second-order valence-electron chi connectivity index (χ2n) is 15.4. The maximum Gasteiger partial charge on any atom is 0.310 e. The Labute approximate surface area is 254 Å². The highest BCUT2D eigenvalue weighted by Crippen LogP contribution is 2.43. The van der Waals surface area contributed by atoms with Gasteiger partial charge in [0, 0.05) is 27.0 Å². The predicted octanol–water partition coefficient (Wildman–Crippen LogP) is 11.5. The van der Waals surface area contributed by atoms with Crippen molar-refractivity contribution in [3.63, 3.8) is 0 Å². The first-order valence-corrected chi connectivity index (χ1v) is 16.2. The zero-order valence-corrected chi connectivity index (χ0v) is 28.4. The molecule has 4 heteroatoms. The van der Waals surface area contributed by atoms with Gasteiger partial charge in [0.1, 0.15) is 16.9 Å². The van der Waals surface area contributed by atoms with Crippen LogP contribution in [0.15, 0.2) is 57.8 Å². The van der Waals surface area contributed by atoms with Gasteiger partial charge in [-0.15, -0.1) is 11.8 Å². The van der Waals surface area contributed by atoms with Crippen molar-refractivity contribution in [1.29, 1.82) is 0 Å². The van der Waals surface area contributed by atoms with E-state index in [1.165, 1.54) is 24.8 Å². The van der Waals surface area contributed by atoms with Crippen LogP contribution in [0, 0.1) is 16.7 Å².